The van der Waals surface area contributed by atoms with Crippen molar-refractivity contribution in [3.05, 3.63) is 181 Å². The van der Waals surface area contributed by atoms with Gasteiger partial charge in [-0.1, -0.05) is 153 Å². The first-order chi connectivity index (χ1) is 26.0. The number of aromatic nitrogens is 2. The number of benzene rings is 8. The molecule has 248 valence electrons. The summed E-state index contributed by atoms with van der Waals surface area (Å²) in [6, 6.07) is 60.1. The van der Waals surface area contributed by atoms with E-state index in [9.17, 15) is 0 Å². The minimum absolute atomic E-state index is 0.102. The van der Waals surface area contributed by atoms with Crippen molar-refractivity contribution in [2.45, 2.75) is 19.3 Å². The molecule has 2 heteroatoms. The highest BCUT2D eigenvalue weighted by Crippen LogP contribution is 2.54. The monoisotopic (exact) mass is 674 g/mol. The molecule has 1 aliphatic carbocycles. The third-order valence-corrected chi connectivity index (χ3v) is 11.7. The Labute approximate surface area is 308 Å². The van der Waals surface area contributed by atoms with Gasteiger partial charge in [-0.2, -0.15) is 0 Å². The maximum atomic E-state index is 5.44. The van der Waals surface area contributed by atoms with E-state index in [1.54, 1.807) is 0 Å². The van der Waals surface area contributed by atoms with Gasteiger partial charge in [-0.05, 0) is 101 Å². The molecule has 0 spiro atoms. The fourth-order valence-electron chi connectivity index (χ4n) is 9.12. The molecule has 1 aliphatic rings. The first kappa shape index (κ1) is 30.0. The summed E-state index contributed by atoms with van der Waals surface area (Å²) in [6.07, 6.45) is 1.86. The number of pyridine rings is 2. The Bertz CT molecular complexity index is 3150. The number of hydrogen-bond acceptors (Lipinski definition) is 2. The molecule has 2 heterocycles. The molecular weight excluding hydrogens is 641 g/mol. The van der Waals surface area contributed by atoms with Crippen LogP contribution in [0.1, 0.15) is 25.0 Å². The van der Waals surface area contributed by atoms with Gasteiger partial charge in [-0.25, -0.2) is 4.98 Å². The Kier molecular flexibility index (Phi) is 6.33. The summed E-state index contributed by atoms with van der Waals surface area (Å²) in [7, 11) is 0. The second-order valence-corrected chi connectivity index (χ2v) is 14.9. The third kappa shape index (κ3) is 4.39. The second-order valence-electron chi connectivity index (χ2n) is 14.9. The first-order valence-electron chi connectivity index (χ1n) is 18.4. The molecule has 2 nitrogen and oxygen atoms in total. The van der Waals surface area contributed by atoms with Crippen molar-refractivity contribution in [3.63, 3.8) is 0 Å². The zero-order valence-corrected chi connectivity index (χ0v) is 29.6. The molecule has 10 aromatic rings. The van der Waals surface area contributed by atoms with E-state index in [1.807, 2.05) is 12.3 Å². The van der Waals surface area contributed by atoms with Crippen LogP contribution >= 0.6 is 0 Å². The summed E-state index contributed by atoms with van der Waals surface area (Å²) in [5.41, 5.74) is 14.2. The molecule has 0 unspecified atom stereocenters. The molecule has 2 aromatic heterocycles. The van der Waals surface area contributed by atoms with E-state index >= 15 is 0 Å². The van der Waals surface area contributed by atoms with E-state index in [-0.39, 0.29) is 5.41 Å². The van der Waals surface area contributed by atoms with E-state index in [4.69, 9.17) is 9.97 Å². The van der Waals surface area contributed by atoms with Gasteiger partial charge >= 0.3 is 0 Å². The number of nitrogens with zero attached hydrogens (tertiary/aromatic N) is 2. The quantitative estimate of drug-likeness (QED) is 0.138. The molecule has 0 saturated carbocycles. The molecular formula is C51H34N2. The van der Waals surface area contributed by atoms with Gasteiger partial charge in [0, 0.05) is 27.9 Å². The van der Waals surface area contributed by atoms with Gasteiger partial charge in [-0.3, -0.25) is 4.98 Å². The molecule has 0 N–H and O–H groups in total. The Morgan fingerprint density at radius 1 is 0.396 bits per heavy atom. The predicted octanol–water partition coefficient (Wildman–Crippen LogP) is 13.5. The minimum atomic E-state index is -0.102. The Morgan fingerprint density at radius 2 is 1.02 bits per heavy atom. The Morgan fingerprint density at radius 3 is 1.91 bits per heavy atom. The van der Waals surface area contributed by atoms with Gasteiger partial charge in [0.15, 0.2) is 0 Å². The molecule has 0 radical (unpaired) electrons. The van der Waals surface area contributed by atoms with Crippen molar-refractivity contribution < 1.29 is 0 Å². The van der Waals surface area contributed by atoms with Crippen LogP contribution in [0.5, 0.6) is 0 Å². The van der Waals surface area contributed by atoms with Crippen LogP contribution in [0.15, 0.2) is 170 Å². The highest BCUT2D eigenvalue weighted by atomic mass is 14.8. The van der Waals surface area contributed by atoms with Crippen LogP contribution in [0.25, 0.3) is 98.8 Å². The van der Waals surface area contributed by atoms with Crippen LogP contribution in [0.3, 0.4) is 0 Å². The SMILES string of the molecule is CC1(C)c2ccccc2-c2c(-c3c4ccccc4c(-c4ccc5ccc6cccnc6c5n4)c4ccc(-c5ccc6ccccc6c5)cc34)cccc21. The molecule has 0 aliphatic heterocycles. The van der Waals surface area contributed by atoms with Gasteiger partial charge < -0.3 is 0 Å². The maximum absolute atomic E-state index is 5.44. The van der Waals surface area contributed by atoms with Crippen molar-refractivity contribution >= 4 is 54.1 Å². The van der Waals surface area contributed by atoms with Crippen molar-refractivity contribution in [1.29, 1.82) is 0 Å². The van der Waals surface area contributed by atoms with E-state index in [0.29, 0.717) is 0 Å². The fourth-order valence-corrected chi connectivity index (χ4v) is 9.12. The van der Waals surface area contributed by atoms with Crippen LogP contribution in [-0.2, 0) is 5.41 Å². The van der Waals surface area contributed by atoms with Crippen LogP contribution in [0.2, 0.25) is 0 Å². The number of fused-ring (bicyclic) bond motifs is 9. The fraction of sp³-hybridized carbons (Fsp3) is 0.0588. The van der Waals surface area contributed by atoms with Gasteiger partial charge in [-0.15, -0.1) is 0 Å². The first-order valence-corrected chi connectivity index (χ1v) is 18.4. The van der Waals surface area contributed by atoms with E-state index in [1.165, 1.54) is 76.8 Å². The highest BCUT2D eigenvalue weighted by molar-refractivity contribution is 6.23. The highest BCUT2D eigenvalue weighted by Gasteiger charge is 2.37. The van der Waals surface area contributed by atoms with Crippen LogP contribution < -0.4 is 0 Å². The van der Waals surface area contributed by atoms with Gasteiger partial charge in [0.2, 0.25) is 0 Å². The summed E-state index contributed by atoms with van der Waals surface area (Å²) >= 11 is 0. The van der Waals surface area contributed by atoms with Crippen molar-refractivity contribution in [3.8, 4) is 44.6 Å². The largest absolute Gasteiger partial charge is 0.254 e. The lowest BCUT2D eigenvalue weighted by Gasteiger charge is -2.23. The lowest BCUT2D eigenvalue weighted by atomic mass is 9.80. The summed E-state index contributed by atoms with van der Waals surface area (Å²) in [5.74, 6) is 0. The molecule has 11 rings (SSSR count). The van der Waals surface area contributed by atoms with Gasteiger partial charge in [0.05, 0.1) is 16.7 Å². The molecule has 53 heavy (non-hydrogen) atoms. The molecule has 0 bridgehead atoms. The number of rotatable bonds is 3. The van der Waals surface area contributed by atoms with E-state index in [0.717, 1.165) is 33.1 Å². The summed E-state index contributed by atoms with van der Waals surface area (Å²) in [6.45, 7) is 4.73. The molecule has 0 fully saturated rings. The summed E-state index contributed by atoms with van der Waals surface area (Å²) < 4.78 is 0. The third-order valence-electron chi connectivity index (χ3n) is 11.7. The van der Waals surface area contributed by atoms with Gasteiger partial charge in [0.25, 0.3) is 0 Å². The normalized spacial score (nSPS) is 13.2. The predicted molar refractivity (Wildman–Crippen MR) is 223 cm³/mol. The smallest absolute Gasteiger partial charge is 0.0972 e. The average molecular weight is 675 g/mol. The molecule has 0 saturated heterocycles. The van der Waals surface area contributed by atoms with Gasteiger partial charge in [0.1, 0.15) is 0 Å². The molecule has 8 aromatic carbocycles. The molecule has 0 amide bonds. The van der Waals surface area contributed by atoms with Crippen molar-refractivity contribution in [1.82, 2.24) is 9.97 Å². The van der Waals surface area contributed by atoms with Crippen LogP contribution in [-0.4, -0.2) is 9.97 Å². The standard InChI is InChI=1S/C51H34N2/c1-51(2)43-18-8-7-16-40(43)47-41(17-9-19-44(47)51)46-37-14-5-6-15-38(37)48(45-27-25-33-22-21-32-13-10-28-52-49(32)50(33)53-45)39-26-24-36(30-42(39)46)35-23-20-31-11-3-4-12-34(31)29-35/h3-30H,1-2H3. The zero-order chi connectivity index (χ0) is 35.3. The second kappa shape index (κ2) is 11.2. The van der Waals surface area contributed by atoms with Crippen molar-refractivity contribution in [2.75, 3.05) is 0 Å². The number of hydrogen-bond donors (Lipinski definition) is 0. The Balaban J connectivity index is 1.27. The lowest BCUT2D eigenvalue weighted by molar-refractivity contribution is 0.660. The summed E-state index contributed by atoms with van der Waals surface area (Å²) in [5, 5.41) is 9.49. The topological polar surface area (TPSA) is 25.8 Å². The zero-order valence-electron chi connectivity index (χ0n) is 29.6. The van der Waals surface area contributed by atoms with Crippen LogP contribution in [0.4, 0.5) is 0 Å². The van der Waals surface area contributed by atoms with Crippen LogP contribution in [0, 0.1) is 0 Å². The van der Waals surface area contributed by atoms with E-state index < -0.39 is 0 Å². The maximum Gasteiger partial charge on any atom is 0.0972 e. The molecule has 0 atom stereocenters. The average Bonchev–Trinajstić information content (AvgIpc) is 3.45. The van der Waals surface area contributed by atoms with E-state index in [2.05, 4.69) is 172 Å². The lowest BCUT2D eigenvalue weighted by Crippen LogP contribution is -2.14. The summed E-state index contributed by atoms with van der Waals surface area (Å²) in [4.78, 5) is 10.2. The Hall–Kier alpha value is -6.64. The minimum Gasteiger partial charge on any atom is -0.254 e. The van der Waals surface area contributed by atoms with Crippen molar-refractivity contribution in [2.24, 2.45) is 0 Å².